The third-order valence-electron chi connectivity index (χ3n) is 1.19. The van der Waals surface area contributed by atoms with Crippen LogP contribution in [0.25, 0.3) is 0 Å². The molecular formula is C7H12BN3O2S2. The maximum atomic E-state index is 11.0. The van der Waals surface area contributed by atoms with Crippen LogP contribution in [0, 0.1) is 0 Å². The first kappa shape index (κ1) is 14.4. The smallest absolute Gasteiger partial charge is 0.240 e. The molecule has 82 valence electrons. The maximum absolute atomic E-state index is 11.0. The van der Waals surface area contributed by atoms with Crippen LogP contribution >= 0.6 is 21.6 Å². The Kier molecular flexibility index (Phi) is 9.50. The molecule has 2 radical (unpaired) electrons. The number of hydrogen-bond donors (Lipinski definition) is 2. The Labute approximate surface area is 97.8 Å². The minimum Gasteiger partial charge on any atom is -0.370 e. The van der Waals surface area contributed by atoms with E-state index in [9.17, 15) is 9.59 Å². The van der Waals surface area contributed by atoms with Crippen LogP contribution in [-0.2, 0) is 9.59 Å². The molecule has 0 unspecified atom stereocenters. The van der Waals surface area contributed by atoms with Crippen LogP contribution in [0.1, 0.15) is 12.8 Å². The van der Waals surface area contributed by atoms with Crippen LogP contribution in [0.15, 0.2) is 5.10 Å². The molecule has 0 aliphatic rings. The van der Waals surface area contributed by atoms with Gasteiger partial charge in [-0.25, -0.2) is 5.43 Å². The molecule has 0 rings (SSSR count). The molecule has 0 heterocycles. The Morgan fingerprint density at radius 3 is 2.47 bits per heavy atom. The molecule has 0 spiro atoms. The number of nitrogens with two attached hydrogens (primary N) is 1. The van der Waals surface area contributed by atoms with Gasteiger partial charge in [-0.3, -0.25) is 9.59 Å². The highest BCUT2D eigenvalue weighted by molar-refractivity contribution is 8.76. The van der Waals surface area contributed by atoms with Gasteiger partial charge in [0.1, 0.15) is 7.85 Å². The predicted molar refractivity (Wildman–Crippen MR) is 65.7 cm³/mol. The summed E-state index contributed by atoms with van der Waals surface area (Å²) in [5, 5.41) is 3.39. The maximum Gasteiger partial charge on any atom is 0.240 e. The summed E-state index contributed by atoms with van der Waals surface area (Å²) in [6.07, 6.45) is 1.75. The van der Waals surface area contributed by atoms with Gasteiger partial charge in [0.2, 0.25) is 11.8 Å². The van der Waals surface area contributed by atoms with Gasteiger partial charge in [0.05, 0.1) is 0 Å². The second-order valence-electron chi connectivity index (χ2n) is 2.42. The second kappa shape index (κ2) is 9.91. The Hall–Kier alpha value is -0.625. The lowest BCUT2D eigenvalue weighted by Crippen LogP contribution is -2.17. The van der Waals surface area contributed by atoms with Crippen molar-refractivity contribution in [2.24, 2.45) is 10.8 Å². The van der Waals surface area contributed by atoms with E-state index in [1.807, 2.05) is 0 Å². The van der Waals surface area contributed by atoms with Gasteiger partial charge in [0.25, 0.3) is 0 Å². The fraction of sp³-hybridized carbons (Fsp3) is 0.571. The summed E-state index contributed by atoms with van der Waals surface area (Å²) < 4.78 is 0. The number of rotatable bonds is 8. The topological polar surface area (TPSA) is 84.6 Å². The van der Waals surface area contributed by atoms with Gasteiger partial charge in [-0.05, 0) is 6.11 Å². The summed E-state index contributed by atoms with van der Waals surface area (Å²) >= 11 is 0. The van der Waals surface area contributed by atoms with Crippen molar-refractivity contribution < 1.29 is 9.59 Å². The Bertz CT molecular complexity index is 238. The normalized spacial score (nSPS) is 10.4. The number of amides is 2. The number of nitrogens with one attached hydrogen (secondary N) is 1. The van der Waals surface area contributed by atoms with Crippen molar-refractivity contribution in [3.05, 3.63) is 0 Å². The molecule has 0 aliphatic heterocycles. The van der Waals surface area contributed by atoms with Crippen molar-refractivity contribution in [3.8, 4) is 0 Å². The van der Waals surface area contributed by atoms with Crippen molar-refractivity contribution >= 4 is 47.4 Å². The monoisotopic (exact) mass is 245 g/mol. The molecule has 0 saturated heterocycles. The Morgan fingerprint density at radius 2 is 1.93 bits per heavy atom. The van der Waals surface area contributed by atoms with E-state index >= 15 is 0 Å². The summed E-state index contributed by atoms with van der Waals surface area (Å²) in [6.45, 7) is 0. The van der Waals surface area contributed by atoms with E-state index in [4.69, 9.17) is 13.6 Å². The zero-order chi connectivity index (χ0) is 11.5. The highest BCUT2D eigenvalue weighted by atomic mass is 33.1. The average Bonchev–Trinajstić information content (AvgIpc) is 2.19. The fourth-order valence-corrected chi connectivity index (χ4v) is 2.56. The molecule has 2 amide bonds. The number of hydrazone groups is 1. The fourth-order valence-electron chi connectivity index (χ4n) is 0.560. The number of carbonyl (C=O) groups excluding carboxylic acids is 2. The lowest BCUT2D eigenvalue weighted by atomic mass is 10.2. The van der Waals surface area contributed by atoms with E-state index in [0.29, 0.717) is 24.3 Å². The minimum absolute atomic E-state index is 0.181. The van der Waals surface area contributed by atoms with Gasteiger partial charge < -0.3 is 5.73 Å². The molecule has 0 aromatic heterocycles. The SMILES string of the molecule is [B]/C=N/NC(=O)CCSSCCC(N)=O. The highest BCUT2D eigenvalue weighted by Crippen LogP contribution is 2.22. The predicted octanol–water partition coefficient (Wildman–Crippen LogP) is -0.139. The van der Waals surface area contributed by atoms with E-state index < -0.39 is 0 Å². The van der Waals surface area contributed by atoms with E-state index in [-0.39, 0.29) is 11.8 Å². The molecule has 0 aromatic carbocycles. The van der Waals surface area contributed by atoms with Crippen LogP contribution in [0.2, 0.25) is 0 Å². The zero-order valence-electron chi connectivity index (χ0n) is 8.14. The zero-order valence-corrected chi connectivity index (χ0v) is 9.77. The molecule has 0 aromatic rings. The third kappa shape index (κ3) is 11.3. The lowest BCUT2D eigenvalue weighted by Gasteiger charge is -1.99. The van der Waals surface area contributed by atoms with Gasteiger partial charge in [-0.15, -0.1) is 0 Å². The van der Waals surface area contributed by atoms with Crippen molar-refractivity contribution in [2.45, 2.75) is 12.8 Å². The summed E-state index contributed by atoms with van der Waals surface area (Å²) in [5.74, 6) is 0.843. The van der Waals surface area contributed by atoms with E-state index in [1.54, 1.807) is 0 Å². The first-order chi connectivity index (χ1) is 7.16. The van der Waals surface area contributed by atoms with Crippen molar-refractivity contribution in [1.82, 2.24) is 5.43 Å². The molecule has 0 bridgehead atoms. The number of primary amides is 1. The van der Waals surface area contributed by atoms with Gasteiger partial charge in [-0.1, -0.05) is 21.6 Å². The first-order valence-electron chi connectivity index (χ1n) is 4.21. The standard InChI is InChI=1S/C7H12BN3O2S2/c8-5-10-11-7(13)2-4-15-14-3-1-6(9)12/h5H,1-4H2,(H2,9,12)(H,11,13)/b10-5+. The van der Waals surface area contributed by atoms with E-state index in [2.05, 4.69) is 10.5 Å². The van der Waals surface area contributed by atoms with Crippen molar-refractivity contribution in [2.75, 3.05) is 11.5 Å². The second-order valence-corrected chi connectivity index (χ2v) is 5.13. The van der Waals surface area contributed by atoms with E-state index in [1.165, 1.54) is 21.6 Å². The summed E-state index contributed by atoms with van der Waals surface area (Å²) in [4.78, 5) is 21.3. The minimum atomic E-state index is -0.307. The van der Waals surface area contributed by atoms with Crippen LogP contribution in [0.5, 0.6) is 0 Å². The number of carbonyl (C=O) groups is 2. The van der Waals surface area contributed by atoms with Gasteiger partial charge >= 0.3 is 0 Å². The number of hydrogen-bond acceptors (Lipinski definition) is 5. The summed E-state index contributed by atoms with van der Waals surface area (Å²) in [5.41, 5.74) is 7.21. The molecule has 0 atom stereocenters. The number of nitrogens with zero attached hydrogens (tertiary/aromatic N) is 1. The molecule has 0 aliphatic carbocycles. The molecule has 15 heavy (non-hydrogen) atoms. The Balaban J connectivity index is 3.23. The first-order valence-corrected chi connectivity index (χ1v) is 6.70. The van der Waals surface area contributed by atoms with Gasteiger partial charge in [-0.2, -0.15) is 5.10 Å². The van der Waals surface area contributed by atoms with Crippen molar-refractivity contribution in [3.63, 3.8) is 0 Å². The van der Waals surface area contributed by atoms with E-state index in [0.717, 1.165) is 6.11 Å². The van der Waals surface area contributed by atoms with Crippen molar-refractivity contribution in [1.29, 1.82) is 0 Å². The molecule has 0 fully saturated rings. The lowest BCUT2D eigenvalue weighted by molar-refractivity contribution is -0.120. The quantitative estimate of drug-likeness (QED) is 0.205. The molecule has 0 saturated carbocycles. The van der Waals surface area contributed by atoms with Crippen LogP contribution in [0.3, 0.4) is 0 Å². The summed E-state index contributed by atoms with van der Waals surface area (Å²) in [7, 11) is 7.98. The molecule has 8 heteroatoms. The molecule has 3 N–H and O–H groups in total. The van der Waals surface area contributed by atoms with Gasteiger partial charge in [0, 0.05) is 24.3 Å². The molecular weight excluding hydrogens is 233 g/mol. The largest absolute Gasteiger partial charge is 0.370 e. The summed E-state index contributed by atoms with van der Waals surface area (Å²) in [6, 6.07) is 0. The van der Waals surface area contributed by atoms with Crippen LogP contribution < -0.4 is 11.2 Å². The van der Waals surface area contributed by atoms with Gasteiger partial charge in [0.15, 0.2) is 0 Å². The van der Waals surface area contributed by atoms with Crippen LogP contribution in [-0.4, -0.2) is 37.3 Å². The third-order valence-corrected chi connectivity index (χ3v) is 3.60. The average molecular weight is 245 g/mol. The van der Waals surface area contributed by atoms with Crippen LogP contribution in [0.4, 0.5) is 0 Å². The highest BCUT2D eigenvalue weighted by Gasteiger charge is 2.00. The molecule has 5 nitrogen and oxygen atoms in total. The Morgan fingerprint density at radius 1 is 1.33 bits per heavy atom.